The number of aliphatic hydroxyl groups is 1. The summed E-state index contributed by atoms with van der Waals surface area (Å²) in [5.74, 6) is 1.64. The van der Waals surface area contributed by atoms with Crippen LogP contribution in [0.3, 0.4) is 0 Å². The first-order valence-electron chi connectivity index (χ1n) is 4.42. The normalized spacial score (nSPS) is 9.69. The third-order valence-electron chi connectivity index (χ3n) is 1.52. The minimum Gasteiger partial charge on any atom is -0.395 e. The van der Waals surface area contributed by atoms with Gasteiger partial charge in [0.05, 0.1) is 6.61 Å². The van der Waals surface area contributed by atoms with Crippen LogP contribution in [-0.2, 0) is 0 Å². The van der Waals surface area contributed by atoms with Crippen molar-refractivity contribution >= 4 is 11.6 Å². The van der Waals surface area contributed by atoms with Crippen LogP contribution in [0, 0.1) is 0 Å². The van der Waals surface area contributed by atoms with E-state index in [0.29, 0.717) is 6.54 Å². The van der Waals surface area contributed by atoms with E-state index in [1.54, 1.807) is 0 Å². The Balaban J connectivity index is 2.56. The van der Waals surface area contributed by atoms with Gasteiger partial charge in [-0.3, -0.25) is 0 Å². The zero-order valence-electron chi connectivity index (χ0n) is 7.75. The Hall–Kier alpha value is -1.29. The van der Waals surface area contributed by atoms with Crippen molar-refractivity contribution in [2.75, 3.05) is 30.3 Å². The Morgan fingerprint density at radius 1 is 1.31 bits per heavy atom. The highest BCUT2D eigenvalue weighted by Crippen LogP contribution is 2.07. The lowest BCUT2D eigenvalue weighted by Gasteiger charge is -2.06. The number of aliphatic hydroxyl groups excluding tert-OH is 1. The maximum absolute atomic E-state index is 8.59. The number of hydrogen-bond acceptors (Lipinski definition) is 4. The van der Waals surface area contributed by atoms with Crippen molar-refractivity contribution in [3.05, 3.63) is 18.2 Å². The lowest BCUT2D eigenvalue weighted by molar-refractivity contribution is 0.311. The van der Waals surface area contributed by atoms with Gasteiger partial charge in [0.25, 0.3) is 0 Å². The zero-order chi connectivity index (χ0) is 9.52. The van der Waals surface area contributed by atoms with Gasteiger partial charge < -0.3 is 15.7 Å². The highest BCUT2D eigenvalue weighted by atomic mass is 16.3. The summed E-state index contributed by atoms with van der Waals surface area (Å²) < 4.78 is 0. The fourth-order valence-corrected chi connectivity index (χ4v) is 0.997. The van der Waals surface area contributed by atoms with Crippen molar-refractivity contribution in [1.29, 1.82) is 0 Å². The molecule has 1 heterocycles. The van der Waals surface area contributed by atoms with Crippen LogP contribution >= 0.6 is 0 Å². The Labute approximate surface area is 78.0 Å². The average Bonchev–Trinajstić information content (AvgIpc) is 2.16. The van der Waals surface area contributed by atoms with Crippen molar-refractivity contribution in [2.45, 2.75) is 6.92 Å². The van der Waals surface area contributed by atoms with Crippen molar-refractivity contribution in [3.63, 3.8) is 0 Å². The first-order valence-corrected chi connectivity index (χ1v) is 4.42. The Bertz CT molecular complexity index is 252. The van der Waals surface area contributed by atoms with E-state index in [1.807, 2.05) is 25.1 Å². The lowest BCUT2D eigenvalue weighted by atomic mass is 10.4. The van der Waals surface area contributed by atoms with E-state index in [2.05, 4.69) is 15.6 Å². The number of rotatable bonds is 5. The molecule has 3 N–H and O–H groups in total. The van der Waals surface area contributed by atoms with Gasteiger partial charge in [0, 0.05) is 13.1 Å². The second-order valence-corrected chi connectivity index (χ2v) is 2.59. The van der Waals surface area contributed by atoms with Crippen LogP contribution in [0.1, 0.15) is 6.92 Å². The molecule has 0 aliphatic rings. The molecule has 0 saturated carbocycles. The third-order valence-corrected chi connectivity index (χ3v) is 1.52. The highest BCUT2D eigenvalue weighted by Gasteiger charge is 1.94. The topological polar surface area (TPSA) is 57.2 Å². The molecule has 0 fully saturated rings. The van der Waals surface area contributed by atoms with Crippen molar-refractivity contribution < 1.29 is 5.11 Å². The van der Waals surface area contributed by atoms with E-state index >= 15 is 0 Å². The maximum atomic E-state index is 8.59. The van der Waals surface area contributed by atoms with Crippen molar-refractivity contribution in [2.24, 2.45) is 0 Å². The van der Waals surface area contributed by atoms with Gasteiger partial charge in [-0.1, -0.05) is 6.07 Å². The first-order chi connectivity index (χ1) is 6.36. The summed E-state index contributed by atoms with van der Waals surface area (Å²) in [6.07, 6.45) is 0. The molecule has 0 unspecified atom stereocenters. The summed E-state index contributed by atoms with van der Waals surface area (Å²) in [4.78, 5) is 4.27. The van der Waals surface area contributed by atoms with Gasteiger partial charge in [-0.2, -0.15) is 0 Å². The van der Waals surface area contributed by atoms with Gasteiger partial charge >= 0.3 is 0 Å². The maximum Gasteiger partial charge on any atom is 0.128 e. The fraction of sp³-hybridized carbons (Fsp3) is 0.444. The minimum atomic E-state index is 0.118. The van der Waals surface area contributed by atoms with E-state index in [4.69, 9.17) is 5.11 Å². The standard InChI is InChI=1S/C9H15N3O/c1-2-10-8-4-3-5-9(12-8)11-6-7-13/h3-5,13H,2,6-7H2,1H3,(H2,10,11,12). The molecule has 0 aliphatic heterocycles. The molecule has 4 nitrogen and oxygen atoms in total. The average molecular weight is 181 g/mol. The number of pyridine rings is 1. The van der Waals surface area contributed by atoms with E-state index in [9.17, 15) is 0 Å². The summed E-state index contributed by atoms with van der Waals surface area (Å²) in [6, 6.07) is 5.70. The molecule has 0 aliphatic carbocycles. The predicted molar refractivity (Wildman–Crippen MR) is 54.0 cm³/mol. The summed E-state index contributed by atoms with van der Waals surface area (Å²) in [5.41, 5.74) is 0. The molecule has 0 spiro atoms. The SMILES string of the molecule is CCNc1cccc(NCCO)n1. The quantitative estimate of drug-likeness (QED) is 0.632. The van der Waals surface area contributed by atoms with Gasteiger partial charge in [0.2, 0.25) is 0 Å². The van der Waals surface area contributed by atoms with Crippen molar-refractivity contribution in [3.8, 4) is 0 Å². The van der Waals surface area contributed by atoms with Gasteiger partial charge in [0.15, 0.2) is 0 Å². The van der Waals surface area contributed by atoms with Gasteiger partial charge in [-0.15, -0.1) is 0 Å². The first kappa shape index (κ1) is 9.80. The van der Waals surface area contributed by atoms with Gasteiger partial charge in [-0.25, -0.2) is 4.98 Å². The molecule has 0 bridgehead atoms. The Kier molecular flexibility index (Phi) is 4.05. The number of nitrogens with zero attached hydrogens (tertiary/aromatic N) is 1. The Morgan fingerprint density at radius 2 is 2.00 bits per heavy atom. The molecule has 72 valence electrons. The largest absolute Gasteiger partial charge is 0.395 e. The van der Waals surface area contributed by atoms with Crippen LogP contribution in [0.25, 0.3) is 0 Å². The molecule has 0 radical (unpaired) electrons. The molecule has 13 heavy (non-hydrogen) atoms. The minimum absolute atomic E-state index is 0.118. The van der Waals surface area contributed by atoms with Crippen LogP contribution in [-0.4, -0.2) is 29.8 Å². The number of nitrogens with one attached hydrogen (secondary N) is 2. The molecular formula is C9H15N3O. The second kappa shape index (κ2) is 5.37. The molecule has 1 aromatic heterocycles. The predicted octanol–water partition coefficient (Wildman–Crippen LogP) is 0.918. The third kappa shape index (κ3) is 3.29. The number of aromatic nitrogens is 1. The van der Waals surface area contributed by atoms with Crippen LogP contribution in [0.2, 0.25) is 0 Å². The molecule has 0 atom stereocenters. The summed E-state index contributed by atoms with van der Waals surface area (Å²) in [7, 11) is 0. The van der Waals surface area contributed by atoms with Crippen LogP contribution < -0.4 is 10.6 Å². The van der Waals surface area contributed by atoms with E-state index in [-0.39, 0.29) is 6.61 Å². The number of hydrogen-bond donors (Lipinski definition) is 3. The molecule has 4 heteroatoms. The molecule has 1 rings (SSSR count). The lowest BCUT2D eigenvalue weighted by Crippen LogP contribution is -2.08. The summed E-state index contributed by atoms with van der Waals surface area (Å²) >= 11 is 0. The van der Waals surface area contributed by atoms with E-state index in [1.165, 1.54) is 0 Å². The van der Waals surface area contributed by atoms with Gasteiger partial charge in [0.1, 0.15) is 11.6 Å². The van der Waals surface area contributed by atoms with Crippen LogP contribution in [0.4, 0.5) is 11.6 Å². The molecule has 1 aromatic rings. The van der Waals surface area contributed by atoms with Crippen molar-refractivity contribution in [1.82, 2.24) is 4.98 Å². The Morgan fingerprint density at radius 3 is 2.62 bits per heavy atom. The highest BCUT2D eigenvalue weighted by molar-refractivity contribution is 5.44. The molecule has 0 aromatic carbocycles. The van der Waals surface area contributed by atoms with E-state index < -0.39 is 0 Å². The molecule has 0 saturated heterocycles. The summed E-state index contributed by atoms with van der Waals surface area (Å²) in [6.45, 7) is 3.53. The fourth-order valence-electron chi connectivity index (χ4n) is 0.997. The monoisotopic (exact) mass is 181 g/mol. The number of anilines is 2. The second-order valence-electron chi connectivity index (χ2n) is 2.59. The van der Waals surface area contributed by atoms with Crippen LogP contribution in [0.5, 0.6) is 0 Å². The smallest absolute Gasteiger partial charge is 0.128 e. The van der Waals surface area contributed by atoms with E-state index in [0.717, 1.165) is 18.2 Å². The molecular weight excluding hydrogens is 166 g/mol. The summed E-state index contributed by atoms with van der Waals surface area (Å²) in [5, 5.41) is 14.7. The van der Waals surface area contributed by atoms with Gasteiger partial charge in [-0.05, 0) is 19.1 Å². The van der Waals surface area contributed by atoms with Crippen LogP contribution in [0.15, 0.2) is 18.2 Å². The molecule has 0 amide bonds. The zero-order valence-corrected chi connectivity index (χ0v) is 7.75.